The molecule has 0 bridgehead atoms. The van der Waals surface area contributed by atoms with Crippen molar-refractivity contribution in [3.05, 3.63) is 60.2 Å². The van der Waals surface area contributed by atoms with Gasteiger partial charge in [-0.1, -0.05) is 30.3 Å². The summed E-state index contributed by atoms with van der Waals surface area (Å²) < 4.78 is 108. The third-order valence-corrected chi connectivity index (χ3v) is 3.43. The van der Waals surface area contributed by atoms with Gasteiger partial charge in [0.05, 0.1) is 0 Å². The second-order valence-corrected chi connectivity index (χ2v) is 5.58. The Morgan fingerprint density at radius 3 is 1.40 bits per heavy atom. The van der Waals surface area contributed by atoms with Gasteiger partial charge in [-0.15, -0.1) is 0 Å². The van der Waals surface area contributed by atoms with Gasteiger partial charge < -0.3 is 15.5 Å². The summed E-state index contributed by atoms with van der Waals surface area (Å²) in [4.78, 5) is 8.90. The molecule has 166 valence electrons. The summed E-state index contributed by atoms with van der Waals surface area (Å²) in [6.45, 7) is 0. The number of carboxylic acid groups (broad SMARTS) is 1. The highest BCUT2D eigenvalue weighted by molar-refractivity contribution is 5.73. The highest BCUT2D eigenvalue weighted by atomic mass is 19.4. The average Bonchev–Trinajstić information content (AvgIpc) is 2.60. The second-order valence-electron chi connectivity index (χ2n) is 5.58. The fourth-order valence-electron chi connectivity index (χ4n) is 1.97. The molecule has 0 spiro atoms. The van der Waals surface area contributed by atoms with Gasteiger partial charge in [0.15, 0.2) is 0 Å². The third-order valence-electron chi connectivity index (χ3n) is 3.43. The number of nitrogens with one attached hydrogen (secondary N) is 1. The summed E-state index contributed by atoms with van der Waals surface area (Å²) in [6.07, 6.45) is -16.9. The van der Waals surface area contributed by atoms with Crippen LogP contribution in [0.5, 0.6) is 0 Å². The van der Waals surface area contributed by atoms with Crippen LogP contribution in [0.1, 0.15) is 5.56 Å². The van der Waals surface area contributed by atoms with Crippen molar-refractivity contribution in [1.82, 2.24) is 0 Å². The van der Waals surface area contributed by atoms with Crippen LogP contribution in [0.15, 0.2) is 54.6 Å². The van der Waals surface area contributed by atoms with Gasteiger partial charge in [-0.3, -0.25) is 0 Å². The number of hydrogen-bond acceptors (Lipinski definition) is 3. The Morgan fingerprint density at radius 1 is 0.700 bits per heavy atom. The van der Waals surface area contributed by atoms with E-state index in [9.17, 15) is 44.6 Å². The zero-order valence-corrected chi connectivity index (χ0v) is 14.4. The number of anilines is 2. The van der Waals surface area contributed by atoms with Crippen molar-refractivity contribution in [2.45, 2.75) is 24.1 Å². The predicted molar refractivity (Wildman–Crippen MR) is 85.9 cm³/mol. The molecule has 30 heavy (non-hydrogen) atoms. The van der Waals surface area contributed by atoms with E-state index in [4.69, 9.17) is 9.90 Å². The van der Waals surface area contributed by atoms with Crippen molar-refractivity contribution in [3.8, 4) is 0 Å². The number of halogens is 9. The number of rotatable bonds is 3. The van der Waals surface area contributed by atoms with Crippen molar-refractivity contribution in [3.63, 3.8) is 0 Å². The summed E-state index contributed by atoms with van der Waals surface area (Å²) in [5.41, 5.74) is -5.31. The van der Waals surface area contributed by atoms with E-state index in [0.717, 1.165) is 12.1 Å². The first kappa shape index (κ1) is 25.1. The predicted octanol–water partition coefficient (Wildman–Crippen LogP) is 5.38. The minimum atomic E-state index is -5.89. The lowest BCUT2D eigenvalue weighted by Crippen LogP contribution is -2.53. The molecule has 0 radical (unpaired) electrons. The molecule has 0 unspecified atom stereocenters. The van der Waals surface area contributed by atoms with Crippen molar-refractivity contribution < 1.29 is 54.5 Å². The average molecular weight is 449 g/mol. The molecule has 2 aromatic carbocycles. The Morgan fingerprint density at radius 2 is 1.07 bits per heavy atom. The molecule has 0 atom stereocenters. The lowest BCUT2D eigenvalue weighted by atomic mass is 9.92. The molecule has 2 aromatic rings. The summed E-state index contributed by atoms with van der Waals surface area (Å²) >= 11 is 0. The summed E-state index contributed by atoms with van der Waals surface area (Å²) in [7, 11) is 0. The minimum Gasteiger partial charge on any atom is -0.475 e. The van der Waals surface area contributed by atoms with Crippen LogP contribution in [0.2, 0.25) is 0 Å². The van der Waals surface area contributed by atoms with E-state index in [1.807, 2.05) is 0 Å². The van der Waals surface area contributed by atoms with Gasteiger partial charge in [0, 0.05) is 16.9 Å². The van der Waals surface area contributed by atoms with Gasteiger partial charge in [-0.25, -0.2) is 4.79 Å². The molecule has 0 aliphatic heterocycles. The number of alkyl halides is 9. The number of aliphatic carboxylic acids is 1. The van der Waals surface area contributed by atoms with Gasteiger partial charge in [0.1, 0.15) is 0 Å². The highest BCUT2D eigenvalue weighted by Crippen LogP contribution is 2.50. The van der Waals surface area contributed by atoms with E-state index in [2.05, 4.69) is 5.32 Å². The zero-order valence-electron chi connectivity index (χ0n) is 14.4. The topological polar surface area (TPSA) is 69.6 Å². The molecule has 0 amide bonds. The van der Waals surface area contributed by atoms with E-state index in [0.29, 0.717) is 17.8 Å². The van der Waals surface area contributed by atoms with Gasteiger partial charge >= 0.3 is 24.5 Å². The van der Waals surface area contributed by atoms with E-state index < -0.39 is 35.7 Å². The molecular weight excluding hydrogens is 437 g/mol. The maximum Gasteiger partial charge on any atom is 0.490 e. The van der Waals surface area contributed by atoms with Crippen molar-refractivity contribution in [2.75, 3.05) is 5.32 Å². The number of carboxylic acids is 1. The first-order valence-electron chi connectivity index (χ1n) is 7.58. The molecule has 0 saturated carbocycles. The maximum absolute atomic E-state index is 12.7. The molecule has 0 saturated heterocycles. The van der Waals surface area contributed by atoms with Crippen LogP contribution >= 0.6 is 0 Å². The Hall–Kier alpha value is -2.96. The second kappa shape index (κ2) is 8.81. The standard InChI is InChI=1S/C15H11F6NO.C2HF3O2/c16-14(17,18)13(23,15(19,20)21)10-6-8-12(9-7-10)22-11-4-2-1-3-5-11;3-2(4,5)1(6)7/h1-9,22-23H;(H,6,7). The van der Waals surface area contributed by atoms with Crippen LogP contribution in [0.4, 0.5) is 50.9 Å². The Bertz CT molecular complexity index is 815. The molecule has 0 fully saturated rings. The lowest BCUT2D eigenvalue weighted by Gasteiger charge is -2.32. The van der Waals surface area contributed by atoms with Gasteiger partial charge in [-0.05, 0) is 24.3 Å². The van der Waals surface area contributed by atoms with E-state index in [1.54, 1.807) is 30.3 Å². The van der Waals surface area contributed by atoms with Crippen molar-refractivity contribution in [1.29, 1.82) is 0 Å². The molecule has 0 heterocycles. The summed E-state index contributed by atoms with van der Waals surface area (Å²) in [6, 6.07) is 11.8. The lowest BCUT2D eigenvalue weighted by molar-refractivity contribution is -0.376. The Labute approximate surface area is 162 Å². The highest BCUT2D eigenvalue weighted by Gasteiger charge is 2.71. The van der Waals surface area contributed by atoms with Crippen LogP contribution < -0.4 is 5.32 Å². The van der Waals surface area contributed by atoms with Crippen LogP contribution in [0.3, 0.4) is 0 Å². The van der Waals surface area contributed by atoms with Gasteiger partial charge in [0.2, 0.25) is 0 Å². The smallest absolute Gasteiger partial charge is 0.475 e. The van der Waals surface area contributed by atoms with E-state index in [1.165, 1.54) is 0 Å². The minimum absolute atomic E-state index is 0.284. The van der Waals surface area contributed by atoms with Crippen LogP contribution in [0, 0.1) is 0 Å². The number of carbonyl (C=O) groups is 1. The Balaban J connectivity index is 0.000000553. The van der Waals surface area contributed by atoms with E-state index >= 15 is 0 Å². The first-order valence-corrected chi connectivity index (χ1v) is 7.58. The summed E-state index contributed by atoms with van der Waals surface area (Å²) in [5, 5.41) is 19.2. The Kier molecular flexibility index (Phi) is 7.37. The monoisotopic (exact) mass is 449 g/mol. The SMILES string of the molecule is O=C(O)C(F)(F)F.OC(c1ccc(Nc2ccccc2)cc1)(C(F)(F)F)C(F)(F)F. The molecule has 2 rings (SSSR count). The van der Waals surface area contributed by atoms with Crippen LogP contribution in [-0.2, 0) is 10.4 Å². The fraction of sp³-hybridized carbons (Fsp3) is 0.235. The normalized spacial score (nSPS) is 12.6. The number of aliphatic hydroxyl groups is 1. The number of para-hydroxylation sites is 1. The molecule has 13 heteroatoms. The zero-order chi connectivity index (χ0) is 23.4. The molecular formula is C17H12F9NO3. The quantitative estimate of drug-likeness (QED) is 0.551. The third kappa shape index (κ3) is 6.02. The number of hydrogen-bond donors (Lipinski definition) is 3. The molecule has 0 aliphatic rings. The first-order chi connectivity index (χ1) is 13.5. The number of benzene rings is 2. The summed E-state index contributed by atoms with van der Waals surface area (Å²) in [5.74, 6) is -2.76. The molecule has 3 N–H and O–H groups in total. The fourth-order valence-corrected chi connectivity index (χ4v) is 1.97. The van der Waals surface area contributed by atoms with Gasteiger partial charge in [0.25, 0.3) is 5.60 Å². The van der Waals surface area contributed by atoms with Crippen LogP contribution in [0.25, 0.3) is 0 Å². The van der Waals surface area contributed by atoms with E-state index in [-0.39, 0.29) is 5.69 Å². The van der Waals surface area contributed by atoms with Crippen molar-refractivity contribution in [2.24, 2.45) is 0 Å². The molecule has 0 aliphatic carbocycles. The van der Waals surface area contributed by atoms with Crippen molar-refractivity contribution >= 4 is 17.3 Å². The van der Waals surface area contributed by atoms with Gasteiger partial charge in [-0.2, -0.15) is 39.5 Å². The largest absolute Gasteiger partial charge is 0.490 e. The molecule has 4 nitrogen and oxygen atoms in total. The maximum atomic E-state index is 12.7. The molecule has 0 aromatic heterocycles. The van der Waals surface area contributed by atoms with Crippen LogP contribution in [-0.4, -0.2) is 34.7 Å².